The summed E-state index contributed by atoms with van der Waals surface area (Å²) < 4.78 is 7.73. The lowest BCUT2D eigenvalue weighted by molar-refractivity contribution is -0.138. The molecule has 14 heteroatoms. The molecule has 1 aromatic carbocycles. The summed E-state index contributed by atoms with van der Waals surface area (Å²) in [4.78, 5) is 48.7. The largest absolute Gasteiger partial charge is 0.480 e. The molecule has 50 heavy (non-hydrogen) atoms. The first-order valence-corrected chi connectivity index (χ1v) is 17.9. The van der Waals surface area contributed by atoms with Gasteiger partial charge in [0.2, 0.25) is 17.8 Å². The molecule has 1 aliphatic heterocycles. The van der Waals surface area contributed by atoms with Crippen LogP contribution in [0.5, 0.6) is 0 Å². The highest BCUT2D eigenvalue weighted by molar-refractivity contribution is 5.87. The zero-order valence-corrected chi connectivity index (χ0v) is 29.7. The van der Waals surface area contributed by atoms with Gasteiger partial charge in [-0.1, -0.05) is 38.0 Å². The van der Waals surface area contributed by atoms with Crippen LogP contribution in [0.4, 0.5) is 11.8 Å². The number of fused-ring (bicyclic) bond motifs is 1. The first kappa shape index (κ1) is 38.5. The molecule has 0 unspecified atom stereocenters. The van der Waals surface area contributed by atoms with E-state index in [1.807, 2.05) is 17.2 Å². The number of ether oxygens (including phenoxy) is 1. The zero-order chi connectivity index (χ0) is 35.9. The van der Waals surface area contributed by atoms with E-state index in [0.717, 1.165) is 62.3 Å². The van der Waals surface area contributed by atoms with E-state index in [0.29, 0.717) is 51.9 Å². The molecule has 2 amide bonds. The van der Waals surface area contributed by atoms with Crippen LogP contribution < -0.4 is 22.1 Å². The van der Waals surface area contributed by atoms with Crippen molar-refractivity contribution >= 4 is 40.6 Å². The molecule has 0 radical (unpaired) electrons. The summed E-state index contributed by atoms with van der Waals surface area (Å²) in [5.74, 6) is -0.0222. The van der Waals surface area contributed by atoms with Crippen LogP contribution in [0, 0.1) is 6.92 Å². The number of piperazine rings is 1. The molecule has 14 nitrogen and oxygen atoms in total. The molecule has 4 rings (SSSR count). The van der Waals surface area contributed by atoms with Crippen LogP contribution in [0.1, 0.15) is 75.0 Å². The van der Waals surface area contributed by atoms with Gasteiger partial charge in [-0.3, -0.25) is 19.3 Å². The Labute approximate surface area is 294 Å². The third-order valence-electron chi connectivity index (χ3n) is 9.09. The Balaban J connectivity index is 1.14. The standard InChI is InChI=1S/C36H55N9O5/c1-3-4-6-15-40-34-33-30(41-36(38)42-34)11-16-45(33)25-28-10-9-27(23-26(28)2)24-43-17-19-44(20-18-43)32(47)13-22-50-21-12-31(46)39-14-7-5-8-29(37)35(48)49/h9-11,16,23,29H,3-8,12-15,17-22,24-25,37H2,1-2H3,(H,39,46)(H,48,49)(H3,38,40,41,42)/t29-/m0/s1. The van der Waals surface area contributed by atoms with E-state index in [1.165, 1.54) is 16.7 Å². The van der Waals surface area contributed by atoms with Crippen LogP contribution in [-0.4, -0.2) is 106 Å². The van der Waals surface area contributed by atoms with Gasteiger partial charge in [-0.2, -0.15) is 4.98 Å². The van der Waals surface area contributed by atoms with Crippen LogP contribution in [0.25, 0.3) is 11.0 Å². The second-order valence-electron chi connectivity index (χ2n) is 13.1. The van der Waals surface area contributed by atoms with E-state index in [9.17, 15) is 14.4 Å². The molecule has 1 aliphatic rings. The highest BCUT2D eigenvalue weighted by Crippen LogP contribution is 2.25. The van der Waals surface area contributed by atoms with Crippen LogP contribution in [0.2, 0.25) is 0 Å². The number of unbranched alkanes of at least 4 members (excludes halogenated alkanes) is 3. The number of amides is 2. The van der Waals surface area contributed by atoms with Crippen molar-refractivity contribution in [1.82, 2.24) is 29.7 Å². The van der Waals surface area contributed by atoms with Crippen molar-refractivity contribution in [2.45, 2.75) is 84.3 Å². The average molecular weight is 694 g/mol. The Morgan fingerprint density at radius 1 is 0.980 bits per heavy atom. The van der Waals surface area contributed by atoms with E-state index in [4.69, 9.17) is 21.3 Å². The minimum Gasteiger partial charge on any atom is -0.480 e. The smallest absolute Gasteiger partial charge is 0.320 e. The molecule has 3 heterocycles. The predicted molar refractivity (Wildman–Crippen MR) is 195 cm³/mol. The van der Waals surface area contributed by atoms with Crippen molar-refractivity contribution in [1.29, 1.82) is 0 Å². The molecule has 2 aromatic heterocycles. The maximum absolute atomic E-state index is 12.7. The highest BCUT2D eigenvalue weighted by Gasteiger charge is 2.21. The zero-order valence-electron chi connectivity index (χ0n) is 29.7. The second kappa shape index (κ2) is 19.8. The van der Waals surface area contributed by atoms with Crippen LogP contribution in [-0.2, 0) is 32.2 Å². The topological polar surface area (TPSA) is 194 Å². The fraction of sp³-hybridized carbons (Fsp3) is 0.583. The van der Waals surface area contributed by atoms with Gasteiger partial charge < -0.3 is 41.4 Å². The number of carboxylic acids is 1. The van der Waals surface area contributed by atoms with Crippen molar-refractivity contribution in [3.8, 4) is 0 Å². The van der Waals surface area contributed by atoms with E-state index in [2.05, 4.69) is 62.1 Å². The van der Waals surface area contributed by atoms with Gasteiger partial charge in [-0.15, -0.1) is 0 Å². The monoisotopic (exact) mass is 693 g/mol. The summed E-state index contributed by atoms with van der Waals surface area (Å²) in [6.45, 7) is 10.7. The number of carbonyl (C=O) groups is 3. The number of carboxylic acid groups (broad SMARTS) is 1. The summed E-state index contributed by atoms with van der Waals surface area (Å²) in [5.41, 5.74) is 17.0. The minimum absolute atomic E-state index is 0.0683. The van der Waals surface area contributed by atoms with Gasteiger partial charge in [0, 0.05) is 65.0 Å². The number of hydrogen-bond acceptors (Lipinski definition) is 10. The molecule has 1 saturated heterocycles. The second-order valence-corrected chi connectivity index (χ2v) is 13.1. The number of aryl methyl sites for hydroxylation is 1. The number of nitrogens with zero attached hydrogens (tertiary/aromatic N) is 5. The molecule has 1 atom stereocenters. The first-order chi connectivity index (χ1) is 24.1. The summed E-state index contributed by atoms with van der Waals surface area (Å²) in [5, 5.41) is 15.1. The van der Waals surface area contributed by atoms with Gasteiger partial charge in [0.15, 0.2) is 5.82 Å². The number of hydrogen-bond donors (Lipinski definition) is 5. The van der Waals surface area contributed by atoms with Crippen LogP contribution in [0.3, 0.4) is 0 Å². The van der Waals surface area contributed by atoms with Gasteiger partial charge in [-0.05, 0) is 55.4 Å². The Hall–Kier alpha value is -4.27. The van der Waals surface area contributed by atoms with Gasteiger partial charge in [0.05, 0.1) is 25.2 Å². The Kier molecular flexibility index (Phi) is 15.3. The SMILES string of the molecule is CCCCCNc1nc(N)nc2ccn(Cc3ccc(CN4CCN(C(=O)CCOCCC(=O)NCCCC[C@H](N)C(=O)O)CC4)cc3C)c12. The third kappa shape index (κ3) is 12.0. The summed E-state index contributed by atoms with van der Waals surface area (Å²) in [7, 11) is 0. The summed E-state index contributed by atoms with van der Waals surface area (Å²) in [6, 6.07) is 7.78. The number of carbonyl (C=O) groups excluding carboxylic acids is 2. The van der Waals surface area contributed by atoms with Crippen molar-refractivity contribution in [2.24, 2.45) is 5.73 Å². The molecule has 3 aromatic rings. The predicted octanol–water partition coefficient (Wildman–Crippen LogP) is 3.11. The summed E-state index contributed by atoms with van der Waals surface area (Å²) >= 11 is 0. The van der Waals surface area contributed by atoms with E-state index < -0.39 is 12.0 Å². The van der Waals surface area contributed by atoms with E-state index in [1.54, 1.807) is 0 Å². The number of rotatable bonds is 21. The van der Waals surface area contributed by atoms with Gasteiger partial charge >= 0.3 is 5.97 Å². The number of aromatic nitrogens is 3. The molecular weight excluding hydrogens is 638 g/mol. The molecule has 0 aliphatic carbocycles. The molecular formula is C36H55N9O5. The van der Waals surface area contributed by atoms with E-state index >= 15 is 0 Å². The lowest BCUT2D eigenvalue weighted by Crippen LogP contribution is -2.48. The molecule has 0 saturated carbocycles. The molecule has 1 fully saturated rings. The third-order valence-corrected chi connectivity index (χ3v) is 9.09. The van der Waals surface area contributed by atoms with Gasteiger partial charge in [-0.25, -0.2) is 4.98 Å². The quantitative estimate of drug-likeness (QED) is 0.103. The lowest BCUT2D eigenvalue weighted by Gasteiger charge is -2.35. The number of aliphatic carboxylic acids is 1. The van der Waals surface area contributed by atoms with Gasteiger partial charge in [0.1, 0.15) is 11.6 Å². The number of benzene rings is 1. The number of nitrogen functional groups attached to an aromatic ring is 1. The summed E-state index contributed by atoms with van der Waals surface area (Å²) in [6.07, 6.45) is 7.63. The van der Waals surface area contributed by atoms with Gasteiger partial charge in [0.25, 0.3) is 0 Å². The molecule has 0 bridgehead atoms. The Bertz CT molecular complexity index is 1550. The number of nitrogens with two attached hydrogens (primary N) is 2. The molecule has 0 spiro atoms. The first-order valence-electron chi connectivity index (χ1n) is 17.9. The number of nitrogens with one attached hydrogen (secondary N) is 2. The Morgan fingerprint density at radius 3 is 2.48 bits per heavy atom. The molecule has 274 valence electrons. The van der Waals surface area contributed by atoms with Crippen molar-refractivity contribution in [3.05, 3.63) is 47.2 Å². The Morgan fingerprint density at radius 2 is 1.74 bits per heavy atom. The average Bonchev–Trinajstić information content (AvgIpc) is 3.49. The fourth-order valence-electron chi connectivity index (χ4n) is 6.11. The van der Waals surface area contributed by atoms with Crippen molar-refractivity contribution < 1.29 is 24.2 Å². The lowest BCUT2D eigenvalue weighted by atomic mass is 10.0. The van der Waals surface area contributed by atoms with Crippen molar-refractivity contribution in [2.75, 3.05) is 63.5 Å². The van der Waals surface area contributed by atoms with Crippen LogP contribution in [0.15, 0.2) is 30.5 Å². The number of anilines is 2. The molecule has 7 N–H and O–H groups in total. The van der Waals surface area contributed by atoms with Crippen LogP contribution >= 0.6 is 0 Å². The highest BCUT2D eigenvalue weighted by atomic mass is 16.5. The van der Waals surface area contributed by atoms with E-state index in [-0.39, 0.29) is 37.4 Å². The maximum atomic E-state index is 12.7. The minimum atomic E-state index is -1.01. The maximum Gasteiger partial charge on any atom is 0.320 e. The fourth-order valence-corrected chi connectivity index (χ4v) is 6.11. The normalized spacial score (nSPS) is 14.2. The van der Waals surface area contributed by atoms with Crippen molar-refractivity contribution in [3.63, 3.8) is 0 Å².